The van der Waals surface area contributed by atoms with Crippen LogP contribution >= 0.6 is 11.6 Å². The second-order valence-corrected chi connectivity index (χ2v) is 4.99. The number of hydrogen-bond donors (Lipinski definition) is 1. The molecular weight excluding hydrogens is 293 g/mol. The summed E-state index contributed by atoms with van der Waals surface area (Å²) in [6, 6.07) is 9.67. The van der Waals surface area contributed by atoms with E-state index >= 15 is 0 Å². The highest BCUT2D eigenvalue weighted by Crippen LogP contribution is 2.29. The quantitative estimate of drug-likeness (QED) is 0.739. The van der Waals surface area contributed by atoms with E-state index in [0.29, 0.717) is 22.1 Å². The molecule has 3 rings (SSSR count). The van der Waals surface area contributed by atoms with Gasteiger partial charge in [-0.1, -0.05) is 23.7 Å². The Morgan fingerprint density at radius 1 is 1.24 bits per heavy atom. The molecule has 0 fully saturated rings. The Morgan fingerprint density at radius 2 is 2.05 bits per heavy atom. The van der Waals surface area contributed by atoms with Gasteiger partial charge in [-0.15, -0.1) is 5.10 Å². The molecule has 1 aromatic heterocycles. The van der Waals surface area contributed by atoms with Gasteiger partial charge >= 0.3 is 0 Å². The molecule has 21 heavy (non-hydrogen) atoms. The lowest BCUT2D eigenvalue weighted by atomic mass is 10.1. The minimum atomic E-state index is -0.472. The fraction of sp³-hybridized carbons (Fsp3) is 0.0714. The zero-order valence-corrected chi connectivity index (χ0v) is 11.8. The van der Waals surface area contributed by atoms with Gasteiger partial charge in [0.25, 0.3) is 0 Å². The number of halogens is 2. The smallest absolute Gasteiger partial charge is 0.189 e. The molecule has 3 aromatic rings. The highest BCUT2D eigenvalue weighted by Gasteiger charge is 2.18. The number of tetrazole rings is 1. The highest BCUT2D eigenvalue weighted by molar-refractivity contribution is 6.30. The molecule has 0 bridgehead atoms. The molecule has 1 heterocycles. The molecule has 0 unspecified atom stereocenters. The van der Waals surface area contributed by atoms with Crippen LogP contribution in [-0.2, 0) is 0 Å². The number of anilines is 1. The molecule has 0 aliphatic carbocycles. The molecule has 0 amide bonds. The van der Waals surface area contributed by atoms with Crippen LogP contribution in [0.3, 0.4) is 0 Å². The number of nitrogen functional groups attached to an aromatic ring is 1. The van der Waals surface area contributed by atoms with Crippen LogP contribution < -0.4 is 5.73 Å². The summed E-state index contributed by atoms with van der Waals surface area (Å²) in [4.78, 5) is 0. The lowest BCUT2D eigenvalue weighted by Gasteiger charge is -2.10. The van der Waals surface area contributed by atoms with Crippen molar-refractivity contribution >= 4 is 17.3 Å². The van der Waals surface area contributed by atoms with E-state index in [9.17, 15) is 4.39 Å². The Kier molecular flexibility index (Phi) is 3.31. The van der Waals surface area contributed by atoms with Crippen molar-refractivity contribution in [3.63, 3.8) is 0 Å². The maximum Gasteiger partial charge on any atom is 0.189 e. The summed E-state index contributed by atoms with van der Waals surface area (Å²) in [5.41, 5.74) is 8.26. The minimum absolute atomic E-state index is 0.171. The standard InChI is InChI=1S/C14H11ClFN5/c1-8-3-2-4-11(17)13(8)14-18-19-20-21(14)12-7-9(15)5-6-10(12)16/h2-7H,17H2,1H3. The van der Waals surface area contributed by atoms with Gasteiger partial charge in [-0.3, -0.25) is 0 Å². The van der Waals surface area contributed by atoms with Crippen molar-refractivity contribution in [1.82, 2.24) is 20.2 Å². The number of nitrogens with two attached hydrogens (primary N) is 1. The lowest BCUT2D eigenvalue weighted by molar-refractivity contribution is 0.608. The van der Waals surface area contributed by atoms with Crippen LogP contribution in [0.2, 0.25) is 5.02 Å². The van der Waals surface area contributed by atoms with Gasteiger partial charge in [0, 0.05) is 16.3 Å². The number of nitrogens with zero attached hydrogens (tertiary/aromatic N) is 4. The van der Waals surface area contributed by atoms with Crippen molar-refractivity contribution in [3.8, 4) is 17.1 Å². The maximum atomic E-state index is 14.0. The zero-order chi connectivity index (χ0) is 15.0. The van der Waals surface area contributed by atoms with Gasteiger partial charge in [0.1, 0.15) is 11.5 Å². The van der Waals surface area contributed by atoms with E-state index in [1.54, 1.807) is 6.07 Å². The van der Waals surface area contributed by atoms with E-state index in [-0.39, 0.29) is 5.69 Å². The largest absolute Gasteiger partial charge is 0.398 e. The van der Waals surface area contributed by atoms with Crippen molar-refractivity contribution in [2.75, 3.05) is 5.73 Å². The fourth-order valence-electron chi connectivity index (χ4n) is 2.15. The molecule has 0 saturated carbocycles. The first kappa shape index (κ1) is 13.5. The summed E-state index contributed by atoms with van der Waals surface area (Å²) in [5.74, 6) is -0.105. The first-order chi connectivity index (χ1) is 10.1. The van der Waals surface area contributed by atoms with Gasteiger partial charge in [-0.2, -0.15) is 4.68 Å². The molecule has 0 radical (unpaired) electrons. The average Bonchev–Trinajstić information content (AvgIpc) is 2.90. The summed E-state index contributed by atoms with van der Waals surface area (Å²) in [7, 11) is 0. The van der Waals surface area contributed by atoms with Crippen LogP contribution in [-0.4, -0.2) is 20.2 Å². The van der Waals surface area contributed by atoms with Crippen molar-refractivity contribution in [2.45, 2.75) is 6.92 Å². The van der Waals surface area contributed by atoms with Crippen molar-refractivity contribution in [1.29, 1.82) is 0 Å². The summed E-state index contributed by atoms with van der Waals surface area (Å²) in [6.07, 6.45) is 0. The molecule has 2 N–H and O–H groups in total. The normalized spacial score (nSPS) is 10.8. The highest BCUT2D eigenvalue weighted by atomic mass is 35.5. The molecule has 0 aliphatic rings. The molecule has 7 heteroatoms. The zero-order valence-electron chi connectivity index (χ0n) is 11.1. The molecule has 0 atom stereocenters. The first-order valence-electron chi connectivity index (χ1n) is 6.17. The molecule has 0 aliphatic heterocycles. The minimum Gasteiger partial charge on any atom is -0.398 e. The number of benzene rings is 2. The molecular formula is C14H11ClFN5. The fourth-order valence-corrected chi connectivity index (χ4v) is 2.32. The average molecular weight is 304 g/mol. The Morgan fingerprint density at radius 3 is 2.81 bits per heavy atom. The van der Waals surface area contributed by atoms with E-state index in [4.69, 9.17) is 17.3 Å². The van der Waals surface area contributed by atoms with Crippen LogP contribution in [0.25, 0.3) is 17.1 Å². The predicted molar refractivity (Wildman–Crippen MR) is 78.7 cm³/mol. The lowest BCUT2D eigenvalue weighted by Crippen LogP contribution is -2.05. The van der Waals surface area contributed by atoms with Crippen LogP contribution in [0.4, 0.5) is 10.1 Å². The van der Waals surface area contributed by atoms with Crippen molar-refractivity contribution < 1.29 is 4.39 Å². The van der Waals surface area contributed by atoms with E-state index in [1.165, 1.54) is 22.9 Å². The molecule has 106 valence electrons. The third-order valence-electron chi connectivity index (χ3n) is 3.13. The van der Waals surface area contributed by atoms with E-state index in [1.807, 2.05) is 19.1 Å². The topological polar surface area (TPSA) is 69.6 Å². The number of aryl methyl sites for hydroxylation is 1. The van der Waals surface area contributed by atoms with E-state index < -0.39 is 5.82 Å². The predicted octanol–water partition coefficient (Wildman–Crippen LogP) is 3.01. The second kappa shape index (κ2) is 5.14. The van der Waals surface area contributed by atoms with Gasteiger partial charge < -0.3 is 5.73 Å². The van der Waals surface area contributed by atoms with Gasteiger partial charge in [0.15, 0.2) is 5.82 Å². The van der Waals surface area contributed by atoms with E-state index in [2.05, 4.69) is 15.5 Å². The third kappa shape index (κ3) is 2.34. The summed E-state index contributed by atoms with van der Waals surface area (Å²) < 4.78 is 15.3. The number of hydrogen-bond acceptors (Lipinski definition) is 4. The Hall–Kier alpha value is -2.47. The van der Waals surface area contributed by atoms with Crippen LogP contribution in [0.1, 0.15) is 5.56 Å². The molecule has 5 nitrogen and oxygen atoms in total. The van der Waals surface area contributed by atoms with Gasteiger partial charge in [-0.25, -0.2) is 4.39 Å². The Labute approximate surface area is 125 Å². The number of rotatable bonds is 2. The van der Waals surface area contributed by atoms with Gasteiger partial charge in [-0.05, 0) is 47.2 Å². The second-order valence-electron chi connectivity index (χ2n) is 4.55. The van der Waals surface area contributed by atoms with Crippen LogP contribution in [0.15, 0.2) is 36.4 Å². The summed E-state index contributed by atoms with van der Waals surface area (Å²) in [6.45, 7) is 1.89. The summed E-state index contributed by atoms with van der Waals surface area (Å²) >= 11 is 5.92. The van der Waals surface area contributed by atoms with Crippen LogP contribution in [0, 0.1) is 12.7 Å². The SMILES string of the molecule is Cc1cccc(N)c1-c1nnnn1-c1cc(Cl)ccc1F. The Balaban J connectivity index is 2.25. The monoisotopic (exact) mass is 303 g/mol. The van der Waals surface area contributed by atoms with E-state index in [0.717, 1.165) is 5.56 Å². The van der Waals surface area contributed by atoms with Gasteiger partial charge in [0.2, 0.25) is 0 Å². The number of aromatic nitrogens is 4. The van der Waals surface area contributed by atoms with Crippen molar-refractivity contribution in [3.05, 3.63) is 52.8 Å². The van der Waals surface area contributed by atoms with Crippen LogP contribution in [0.5, 0.6) is 0 Å². The molecule has 0 spiro atoms. The van der Waals surface area contributed by atoms with Crippen molar-refractivity contribution in [2.24, 2.45) is 0 Å². The van der Waals surface area contributed by atoms with Gasteiger partial charge in [0.05, 0.1) is 0 Å². The molecule has 0 saturated heterocycles. The Bertz CT molecular complexity index is 795. The maximum absolute atomic E-state index is 14.0. The summed E-state index contributed by atoms with van der Waals surface area (Å²) in [5, 5.41) is 11.8. The third-order valence-corrected chi connectivity index (χ3v) is 3.37. The first-order valence-corrected chi connectivity index (χ1v) is 6.55. The molecule has 2 aromatic carbocycles.